The maximum Gasteiger partial charge on any atom is 0.337 e. The Morgan fingerprint density at radius 3 is 2.43 bits per heavy atom. The topological polar surface area (TPSA) is 66.6 Å². The van der Waals surface area contributed by atoms with E-state index in [2.05, 4.69) is 0 Å². The van der Waals surface area contributed by atoms with Crippen LogP contribution in [0.3, 0.4) is 0 Å². The number of carboxylic acids is 1. The van der Waals surface area contributed by atoms with Gasteiger partial charge in [-0.15, -0.1) is 0 Å². The van der Waals surface area contributed by atoms with Gasteiger partial charge in [-0.2, -0.15) is 0 Å². The number of hydrogen-bond donors (Lipinski definition) is 2. The molecule has 2 aromatic carbocycles. The summed E-state index contributed by atoms with van der Waals surface area (Å²) in [5.41, 5.74) is 8.16. The van der Waals surface area contributed by atoms with Gasteiger partial charge in [0.05, 0.1) is 23.0 Å². The van der Waals surface area contributed by atoms with Crippen LogP contribution in [0.15, 0.2) is 42.5 Å². The van der Waals surface area contributed by atoms with E-state index in [-0.39, 0.29) is 11.6 Å². The fraction of sp³-hybridized carbons (Fsp3) is 0.188. The lowest BCUT2D eigenvalue weighted by Gasteiger charge is -2.29. The van der Waals surface area contributed by atoms with Gasteiger partial charge in [0.1, 0.15) is 0 Å². The highest BCUT2D eigenvalue weighted by atomic mass is 35.5. The molecule has 0 fully saturated rings. The van der Waals surface area contributed by atoms with E-state index in [0.717, 1.165) is 5.56 Å². The molecule has 2 aromatic rings. The molecule has 1 unspecified atom stereocenters. The van der Waals surface area contributed by atoms with Gasteiger partial charge in [0.2, 0.25) is 0 Å². The molecule has 0 spiro atoms. The third-order valence-electron chi connectivity index (χ3n) is 3.58. The molecule has 0 amide bonds. The summed E-state index contributed by atoms with van der Waals surface area (Å²) in [4.78, 5) is 13.2. The van der Waals surface area contributed by atoms with E-state index < -0.39 is 5.97 Å². The van der Waals surface area contributed by atoms with Crippen LogP contribution in [0.5, 0.6) is 0 Å². The Balaban J connectivity index is 2.42. The van der Waals surface area contributed by atoms with Crippen LogP contribution in [0.25, 0.3) is 0 Å². The van der Waals surface area contributed by atoms with Gasteiger partial charge in [-0.05, 0) is 36.8 Å². The van der Waals surface area contributed by atoms with Crippen LogP contribution in [0.2, 0.25) is 5.02 Å². The third kappa shape index (κ3) is 3.11. The van der Waals surface area contributed by atoms with Crippen LogP contribution in [-0.4, -0.2) is 18.1 Å². The number of rotatable bonds is 4. The predicted octanol–water partition coefficient (Wildman–Crippen LogP) is 3.82. The molecule has 0 aliphatic heterocycles. The van der Waals surface area contributed by atoms with Crippen molar-refractivity contribution in [2.45, 2.75) is 13.0 Å². The average Bonchev–Trinajstić information content (AvgIpc) is 2.46. The van der Waals surface area contributed by atoms with Crippen molar-refractivity contribution < 1.29 is 9.90 Å². The number of aromatic carboxylic acids is 1. The Kier molecular flexibility index (Phi) is 4.38. The molecule has 2 rings (SSSR count). The smallest absolute Gasteiger partial charge is 0.337 e. The average molecular weight is 305 g/mol. The summed E-state index contributed by atoms with van der Waals surface area (Å²) in [5.74, 6) is -0.993. The summed E-state index contributed by atoms with van der Waals surface area (Å²) in [6, 6.07) is 12.3. The van der Waals surface area contributed by atoms with Crippen molar-refractivity contribution in [1.82, 2.24) is 0 Å². The summed E-state index contributed by atoms with van der Waals surface area (Å²) in [7, 11) is 1.83. The van der Waals surface area contributed by atoms with Crippen molar-refractivity contribution in [3.05, 3.63) is 58.6 Å². The first-order chi connectivity index (χ1) is 9.91. The Bertz CT molecular complexity index is 656. The van der Waals surface area contributed by atoms with E-state index in [1.165, 1.54) is 0 Å². The number of anilines is 2. The van der Waals surface area contributed by atoms with Crippen molar-refractivity contribution in [2.24, 2.45) is 0 Å². The van der Waals surface area contributed by atoms with E-state index in [0.29, 0.717) is 16.4 Å². The molecule has 0 bridgehead atoms. The molecule has 3 N–H and O–H groups in total. The predicted molar refractivity (Wildman–Crippen MR) is 86.1 cm³/mol. The zero-order valence-electron chi connectivity index (χ0n) is 11.9. The minimum absolute atomic E-state index is 0.0370. The summed E-state index contributed by atoms with van der Waals surface area (Å²) >= 11 is 5.89. The molecule has 0 aromatic heterocycles. The van der Waals surface area contributed by atoms with Gasteiger partial charge in [0.25, 0.3) is 0 Å². The third-order valence-corrected chi connectivity index (χ3v) is 3.84. The van der Waals surface area contributed by atoms with Crippen LogP contribution in [0, 0.1) is 0 Å². The number of carboxylic acid groups (broad SMARTS) is 1. The number of hydrogen-bond acceptors (Lipinski definition) is 3. The van der Waals surface area contributed by atoms with Gasteiger partial charge in [0.15, 0.2) is 0 Å². The molecule has 1 atom stereocenters. The molecule has 0 saturated heterocycles. The standard InChI is InChI=1S/C16H17ClN2O2/c1-10(11-6-8-12(17)9-7-11)19(2)15-13(16(20)21)4-3-5-14(15)18/h3-10H,18H2,1-2H3,(H,20,21). The number of nitrogens with zero attached hydrogens (tertiary/aromatic N) is 1. The first kappa shape index (κ1) is 15.2. The zero-order chi connectivity index (χ0) is 15.6. The SMILES string of the molecule is CC(c1ccc(Cl)cc1)N(C)c1c(N)cccc1C(=O)O. The van der Waals surface area contributed by atoms with Gasteiger partial charge in [-0.25, -0.2) is 4.79 Å². The number of para-hydroxylation sites is 1. The quantitative estimate of drug-likeness (QED) is 0.843. The maximum absolute atomic E-state index is 11.4. The highest BCUT2D eigenvalue weighted by Crippen LogP contribution is 2.33. The molecule has 0 saturated carbocycles. The van der Waals surface area contributed by atoms with Crippen LogP contribution < -0.4 is 10.6 Å². The number of nitrogens with two attached hydrogens (primary N) is 1. The van der Waals surface area contributed by atoms with Gasteiger partial charge in [-0.1, -0.05) is 29.8 Å². The van der Waals surface area contributed by atoms with E-state index in [1.807, 2.05) is 43.1 Å². The van der Waals surface area contributed by atoms with Crippen LogP contribution in [-0.2, 0) is 0 Å². The highest BCUT2D eigenvalue weighted by molar-refractivity contribution is 6.30. The molecular formula is C16H17ClN2O2. The summed E-state index contributed by atoms with van der Waals surface area (Å²) in [6.45, 7) is 1.99. The number of halogens is 1. The Morgan fingerprint density at radius 2 is 1.86 bits per heavy atom. The fourth-order valence-corrected chi connectivity index (χ4v) is 2.41. The van der Waals surface area contributed by atoms with E-state index in [4.69, 9.17) is 17.3 Å². The van der Waals surface area contributed by atoms with Crippen LogP contribution >= 0.6 is 11.6 Å². The van der Waals surface area contributed by atoms with Crippen molar-refractivity contribution in [1.29, 1.82) is 0 Å². The molecule has 0 radical (unpaired) electrons. The van der Waals surface area contributed by atoms with E-state index >= 15 is 0 Å². The zero-order valence-corrected chi connectivity index (χ0v) is 12.6. The molecule has 5 heteroatoms. The molecular weight excluding hydrogens is 288 g/mol. The van der Waals surface area contributed by atoms with Crippen LogP contribution in [0.1, 0.15) is 28.9 Å². The summed E-state index contributed by atoms with van der Waals surface area (Å²) in [6.07, 6.45) is 0. The van der Waals surface area contributed by atoms with Gasteiger partial charge >= 0.3 is 5.97 Å². The Morgan fingerprint density at radius 1 is 1.24 bits per heavy atom. The number of carbonyl (C=O) groups is 1. The van der Waals surface area contributed by atoms with E-state index in [9.17, 15) is 9.90 Å². The second kappa shape index (κ2) is 6.06. The molecule has 0 aliphatic rings. The van der Waals surface area contributed by atoms with Gasteiger partial charge < -0.3 is 15.7 Å². The first-order valence-corrected chi connectivity index (χ1v) is 6.89. The minimum atomic E-state index is -0.993. The van der Waals surface area contributed by atoms with Gasteiger partial charge in [-0.3, -0.25) is 0 Å². The Hall–Kier alpha value is -2.20. The van der Waals surface area contributed by atoms with Crippen molar-refractivity contribution in [3.63, 3.8) is 0 Å². The highest BCUT2D eigenvalue weighted by Gasteiger charge is 2.20. The second-order valence-corrected chi connectivity index (χ2v) is 5.32. The normalized spacial score (nSPS) is 12.0. The second-order valence-electron chi connectivity index (χ2n) is 4.89. The molecule has 21 heavy (non-hydrogen) atoms. The fourth-order valence-electron chi connectivity index (χ4n) is 2.29. The molecule has 0 heterocycles. The van der Waals surface area contributed by atoms with Crippen molar-refractivity contribution in [3.8, 4) is 0 Å². The Labute approximate surface area is 128 Å². The molecule has 0 aliphatic carbocycles. The van der Waals surface area contributed by atoms with Crippen molar-refractivity contribution >= 4 is 28.9 Å². The summed E-state index contributed by atoms with van der Waals surface area (Å²) < 4.78 is 0. The first-order valence-electron chi connectivity index (χ1n) is 6.52. The lowest BCUT2D eigenvalue weighted by Crippen LogP contribution is -2.24. The summed E-state index contributed by atoms with van der Waals surface area (Å²) in [5, 5.41) is 9.99. The van der Waals surface area contributed by atoms with E-state index in [1.54, 1.807) is 18.2 Å². The monoisotopic (exact) mass is 304 g/mol. The lowest BCUT2D eigenvalue weighted by molar-refractivity contribution is 0.0697. The van der Waals surface area contributed by atoms with Crippen molar-refractivity contribution in [2.75, 3.05) is 17.7 Å². The lowest BCUT2D eigenvalue weighted by atomic mass is 10.0. The minimum Gasteiger partial charge on any atom is -0.478 e. The van der Waals surface area contributed by atoms with Gasteiger partial charge in [0, 0.05) is 12.1 Å². The largest absolute Gasteiger partial charge is 0.478 e. The number of benzene rings is 2. The molecule has 110 valence electrons. The molecule has 4 nitrogen and oxygen atoms in total. The van der Waals surface area contributed by atoms with Crippen LogP contribution in [0.4, 0.5) is 11.4 Å². The maximum atomic E-state index is 11.4. The number of nitrogen functional groups attached to an aromatic ring is 1.